The normalized spacial score (nSPS) is 11.0. The second-order valence-electron chi connectivity index (χ2n) is 6.12. The first kappa shape index (κ1) is 18.4. The van der Waals surface area contributed by atoms with Crippen LogP contribution in [0, 0.1) is 6.92 Å². The maximum Gasteiger partial charge on any atom is 0.343 e. The van der Waals surface area contributed by atoms with Gasteiger partial charge in [0.15, 0.2) is 0 Å². The Balaban J connectivity index is 1.49. The third kappa shape index (κ3) is 3.56. The molecular weight excluding hydrogens is 398 g/mol. The molecule has 7 nitrogen and oxygen atoms in total. The van der Waals surface area contributed by atoms with Gasteiger partial charge in [0.25, 0.3) is 0 Å². The molecule has 1 aromatic carbocycles. The number of carbonyl (C=O) groups is 1. The van der Waals surface area contributed by atoms with Crippen molar-refractivity contribution in [3.8, 4) is 16.3 Å². The van der Waals surface area contributed by atoms with Crippen LogP contribution >= 0.6 is 22.9 Å². The predicted octanol–water partition coefficient (Wildman–Crippen LogP) is 4.05. The Morgan fingerprint density at radius 2 is 2.07 bits per heavy atom. The number of aromatic nitrogens is 5. The van der Waals surface area contributed by atoms with Crippen LogP contribution in [0.5, 0.6) is 0 Å². The summed E-state index contributed by atoms with van der Waals surface area (Å²) in [7, 11) is 1.85. The summed E-state index contributed by atoms with van der Waals surface area (Å²) in [5.74, 6) is -0.527. The fraction of sp³-hybridized carbons (Fsp3) is 0.158. The Hall–Kier alpha value is -2.97. The standard InChI is InChI=1S/C19H16ClN5O2S/c1-12-16(17(20)25(23-12)15-6-4-3-5-7-15)19(26)27-10-14-11-28-18(22-14)13-8-21-24(2)9-13/h3-9,11H,10H2,1-2H3. The largest absolute Gasteiger partial charge is 0.455 e. The summed E-state index contributed by atoms with van der Waals surface area (Å²) >= 11 is 7.88. The first-order chi connectivity index (χ1) is 13.5. The molecule has 0 aliphatic heterocycles. The molecule has 0 unspecified atom stereocenters. The molecule has 0 fully saturated rings. The number of thiazole rings is 1. The lowest BCUT2D eigenvalue weighted by Crippen LogP contribution is -2.07. The van der Waals surface area contributed by atoms with Gasteiger partial charge in [-0.1, -0.05) is 29.8 Å². The zero-order valence-corrected chi connectivity index (χ0v) is 16.7. The number of benzene rings is 1. The number of carbonyl (C=O) groups excluding carboxylic acids is 1. The fourth-order valence-corrected chi connectivity index (χ4v) is 3.85. The minimum absolute atomic E-state index is 0.0574. The lowest BCUT2D eigenvalue weighted by atomic mass is 10.2. The van der Waals surface area contributed by atoms with E-state index in [1.165, 1.54) is 16.0 Å². The van der Waals surface area contributed by atoms with E-state index in [1.54, 1.807) is 17.8 Å². The SMILES string of the molecule is Cc1nn(-c2ccccc2)c(Cl)c1C(=O)OCc1csc(-c2cnn(C)c2)n1. The number of nitrogens with zero attached hydrogens (tertiary/aromatic N) is 5. The lowest BCUT2D eigenvalue weighted by Gasteiger charge is -2.04. The maximum atomic E-state index is 12.6. The van der Waals surface area contributed by atoms with Crippen LogP contribution in [0.3, 0.4) is 0 Å². The van der Waals surface area contributed by atoms with Gasteiger partial charge in [0.2, 0.25) is 0 Å². The van der Waals surface area contributed by atoms with Gasteiger partial charge in [-0.3, -0.25) is 4.68 Å². The van der Waals surface area contributed by atoms with Gasteiger partial charge in [-0.25, -0.2) is 14.5 Å². The minimum Gasteiger partial charge on any atom is -0.455 e. The van der Waals surface area contributed by atoms with E-state index in [0.29, 0.717) is 11.4 Å². The van der Waals surface area contributed by atoms with Crippen molar-refractivity contribution in [2.24, 2.45) is 7.05 Å². The molecule has 0 bridgehead atoms. The minimum atomic E-state index is -0.527. The summed E-state index contributed by atoms with van der Waals surface area (Å²) < 4.78 is 8.66. The molecule has 0 N–H and O–H groups in total. The molecule has 28 heavy (non-hydrogen) atoms. The molecule has 0 amide bonds. The van der Waals surface area contributed by atoms with Crippen molar-refractivity contribution in [2.45, 2.75) is 13.5 Å². The average molecular weight is 414 g/mol. The van der Waals surface area contributed by atoms with Crippen molar-refractivity contribution in [3.05, 3.63) is 70.2 Å². The molecule has 0 spiro atoms. The highest BCUT2D eigenvalue weighted by Crippen LogP contribution is 2.26. The van der Waals surface area contributed by atoms with Crippen molar-refractivity contribution in [1.29, 1.82) is 0 Å². The van der Waals surface area contributed by atoms with Gasteiger partial charge in [0.05, 0.1) is 23.3 Å². The summed E-state index contributed by atoms with van der Waals surface area (Å²) in [5, 5.41) is 11.4. The van der Waals surface area contributed by atoms with Crippen molar-refractivity contribution < 1.29 is 9.53 Å². The van der Waals surface area contributed by atoms with Gasteiger partial charge in [0, 0.05) is 24.2 Å². The molecule has 9 heteroatoms. The van der Waals surface area contributed by atoms with Gasteiger partial charge < -0.3 is 4.74 Å². The molecule has 0 saturated heterocycles. The van der Waals surface area contributed by atoms with Crippen LogP contribution < -0.4 is 0 Å². The van der Waals surface area contributed by atoms with E-state index in [4.69, 9.17) is 16.3 Å². The van der Waals surface area contributed by atoms with E-state index in [1.807, 2.05) is 49.0 Å². The molecule has 0 aliphatic carbocycles. The van der Waals surface area contributed by atoms with Crippen LogP contribution in [0.2, 0.25) is 5.15 Å². The van der Waals surface area contributed by atoms with Gasteiger partial charge in [-0.15, -0.1) is 11.3 Å². The first-order valence-corrected chi connectivity index (χ1v) is 9.70. The number of rotatable bonds is 5. The van der Waals surface area contributed by atoms with Gasteiger partial charge >= 0.3 is 5.97 Å². The molecule has 4 rings (SSSR count). The Labute approximate surface area is 170 Å². The van der Waals surface area contributed by atoms with E-state index >= 15 is 0 Å². The molecular formula is C19H16ClN5O2S. The van der Waals surface area contributed by atoms with E-state index in [2.05, 4.69) is 15.2 Å². The van der Waals surface area contributed by atoms with Crippen molar-refractivity contribution in [2.75, 3.05) is 0 Å². The number of ether oxygens (including phenoxy) is 1. The second-order valence-corrected chi connectivity index (χ2v) is 7.34. The van der Waals surface area contributed by atoms with E-state index in [0.717, 1.165) is 16.3 Å². The Kier molecular flexibility index (Phi) is 4.97. The van der Waals surface area contributed by atoms with Crippen molar-refractivity contribution >= 4 is 28.9 Å². The number of para-hydroxylation sites is 1. The molecule has 0 aliphatic rings. The van der Waals surface area contributed by atoms with Gasteiger partial charge in [0.1, 0.15) is 22.3 Å². The maximum absolute atomic E-state index is 12.6. The molecule has 4 aromatic rings. The third-order valence-corrected chi connectivity index (χ3v) is 5.35. The monoisotopic (exact) mass is 413 g/mol. The zero-order valence-electron chi connectivity index (χ0n) is 15.2. The molecule has 0 atom stereocenters. The molecule has 3 aromatic heterocycles. The summed E-state index contributed by atoms with van der Waals surface area (Å²) in [5.41, 5.74) is 3.13. The number of hydrogen-bond acceptors (Lipinski definition) is 6. The van der Waals surface area contributed by atoms with Crippen LogP contribution in [-0.4, -0.2) is 30.5 Å². The van der Waals surface area contributed by atoms with Crippen LogP contribution in [0.1, 0.15) is 21.7 Å². The topological polar surface area (TPSA) is 74.8 Å². The smallest absolute Gasteiger partial charge is 0.343 e. The average Bonchev–Trinajstić information content (AvgIpc) is 3.40. The number of halogens is 1. The molecule has 142 valence electrons. The van der Waals surface area contributed by atoms with E-state index < -0.39 is 5.97 Å². The van der Waals surface area contributed by atoms with Crippen LogP contribution in [-0.2, 0) is 18.4 Å². The summed E-state index contributed by atoms with van der Waals surface area (Å²) in [6.07, 6.45) is 3.63. The van der Waals surface area contributed by atoms with Crippen molar-refractivity contribution in [3.63, 3.8) is 0 Å². The van der Waals surface area contributed by atoms with Crippen molar-refractivity contribution in [1.82, 2.24) is 24.5 Å². The molecule has 0 radical (unpaired) electrons. The van der Waals surface area contributed by atoms with E-state index in [-0.39, 0.29) is 17.3 Å². The Morgan fingerprint density at radius 1 is 1.29 bits per heavy atom. The third-order valence-electron chi connectivity index (χ3n) is 4.06. The first-order valence-electron chi connectivity index (χ1n) is 8.44. The van der Waals surface area contributed by atoms with Crippen LogP contribution in [0.15, 0.2) is 48.1 Å². The molecule has 3 heterocycles. The summed E-state index contributed by atoms with van der Waals surface area (Å²) in [6.45, 7) is 1.78. The quantitative estimate of drug-likeness (QED) is 0.461. The highest BCUT2D eigenvalue weighted by Gasteiger charge is 2.22. The number of esters is 1. The number of aryl methyl sites for hydroxylation is 2. The van der Waals surface area contributed by atoms with Gasteiger partial charge in [-0.2, -0.15) is 10.2 Å². The van der Waals surface area contributed by atoms with Crippen LogP contribution in [0.25, 0.3) is 16.3 Å². The predicted molar refractivity (Wildman–Crippen MR) is 107 cm³/mol. The Bertz CT molecular complexity index is 1130. The highest BCUT2D eigenvalue weighted by atomic mass is 35.5. The highest BCUT2D eigenvalue weighted by molar-refractivity contribution is 7.13. The lowest BCUT2D eigenvalue weighted by molar-refractivity contribution is 0.0468. The zero-order chi connectivity index (χ0) is 19.7. The number of hydrogen-bond donors (Lipinski definition) is 0. The summed E-state index contributed by atoms with van der Waals surface area (Å²) in [6, 6.07) is 9.38. The molecule has 0 saturated carbocycles. The summed E-state index contributed by atoms with van der Waals surface area (Å²) in [4.78, 5) is 17.1. The second kappa shape index (κ2) is 7.57. The van der Waals surface area contributed by atoms with Crippen LogP contribution in [0.4, 0.5) is 0 Å². The Morgan fingerprint density at radius 3 is 2.79 bits per heavy atom. The van der Waals surface area contributed by atoms with Gasteiger partial charge in [-0.05, 0) is 19.1 Å². The fourth-order valence-electron chi connectivity index (χ4n) is 2.72. The van der Waals surface area contributed by atoms with E-state index in [9.17, 15) is 4.79 Å².